The predicted octanol–water partition coefficient (Wildman–Crippen LogP) is 4.97. The molecule has 1 N–H and O–H groups in total. The lowest BCUT2D eigenvalue weighted by Crippen LogP contribution is -2.01. The summed E-state index contributed by atoms with van der Waals surface area (Å²) in [6, 6.07) is 27.0. The number of hydrogen-bond acceptors (Lipinski definition) is 2. The van der Waals surface area contributed by atoms with E-state index < -0.39 is 0 Å². The smallest absolute Gasteiger partial charge is 0.141 e. The van der Waals surface area contributed by atoms with E-state index in [9.17, 15) is 0 Å². The van der Waals surface area contributed by atoms with Gasteiger partial charge in [0.2, 0.25) is 0 Å². The molecule has 22 heavy (non-hydrogen) atoms. The summed E-state index contributed by atoms with van der Waals surface area (Å²) < 4.78 is 5.35. The SMILES string of the molecule is COc1ccccc1NCc1ccc(-c2ccccc2)cc1. The second-order valence-electron chi connectivity index (χ2n) is 5.12. The van der Waals surface area contributed by atoms with E-state index in [1.54, 1.807) is 7.11 Å². The van der Waals surface area contributed by atoms with Crippen LogP contribution in [0.15, 0.2) is 78.9 Å². The van der Waals surface area contributed by atoms with E-state index in [-0.39, 0.29) is 0 Å². The van der Waals surface area contributed by atoms with Gasteiger partial charge in [-0.1, -0.05) is 66.7 Å². The maximum absolute atomic E-state index is 5.35. The van der Waals surface area contributed by atoms with E-state index in [0.29, 0.717) is 0 Å². The van der Waals surface area contributed by atoms with Crippen molar-refractivity contribution in [3.8, 4) is 16.9 Å². The van der Waals surface area contributed by atoms with Gasteiger partial charge in [-0.05, 0) is 28.8 Å². The second-order valence-corrected chi connectivity index (χ2v) is 5.12. The number of ether oxygens (including phenoxy) is 1. The molecule has 110 valence electrons. The molecule has 0 amide bonds. The summed E-state index contributed by atoms with van der Waals surface area (Å²) in [5.74, 6) is 0.864. The highest BCUT2D eigenvalue weighted by Crippen LogP contribution is 2.24. The minimum Gasteiger partial charge on any atom is -0.495 e. The van der Waals surface area contributed by atoms with Gasteiger partial charge in [0, 0.05) is 6.54 Å². The lowest BCUT2D eigenvalue weighted by atomic mass is 10.0. The number of para-hydroxylation sites is 2. The third-order valence-electron chi connectivity index (χ3n) is 3.65. The van der Waals surface area contributed by atoms with Gasteiger partial charge >= 0.3 is 0 Å². The lowest BCUT2D eigenvalue weighted by Gasteiger charge is -2.11. The van der Waals surface area contributed by atoms with Crippen LogP contribution in [0.25, 0.3) is 11.1 Å². The molecule has 2 heteroatoms. The Kier molecular flexibility index (Phi) is 4.40. The average molecular weight is 289 g/mol. The quantitative estimate of drug-likeness (QED) is 0.715. The maximum Gasteiger partial charge on any atom is 0.141 e. The zero-order valence-electron chi connectivity index (χ0n) is 12.6. The molecule has 0 aromatic heterocycles. The van der Waals surface area contributed by atoms with Gasteiger partial charge in [0.15, 0.2) is 0 Å². The molecule has 0 fully saturated rings. The van der Waals surface area contributed by atoms with Crippen molar-refractivity contribution in [2.24, 2.45) is 0 Å². The van der Waals surface area contributed by atoms with Gasteiger partial charge in [-0.25, -0.2) is 0 Å². The molecule has 0 heterocycles. The first-order valence-electron chi connectivity index (χ1n) is 7.38. The van der Waals surface area contributed by atoms with Crippen LogP contribution in [0.3, 0.4) is 0 Å². The molecule has 0 bridgehead atoms. The third-order valence-corrected chi connectivity index (χ3v) is 3.65. The molecule has 2 nitrogen and oxygen atoms in total. The van der Waals surface area contributed by atoms with Gasteiger partial charge in [-0.15, -0.1) is 0 Å². The molecule has 3 rings (SSSR count). The van der Waals surface area contributed by atoms with Crippen molar-refractivity contribution in [3.63, 3.8) is 0 Å². The molecule has 0 aliphatic carbocycles. The highest BCUT2D eigenvalue weighted by atomic mass is 16.5. The maximum atomic E-state index is 5.35. The topological polar surface area (TPSA) is 21.3 Å². The average Bonchev–Trinajstić information content (AvgIpc) is 2.61. The third kappa shape index (κ3) is 3.29. The number of rotatable bonds is 5. The van der Waals surface area contributed by atoms with Crippen LogP contribution in [0.1, 0.15) is 5.56 Å². The molecule has 0 aliphatic heterocycles. The summed E-state index contributed by atoms with van der Waals surface area (Å²) in [4.78, 5) is 0. The fourth-order valence-electron chi connectivity index (χ4n) is 2.43. The van der Waals surface area contributed by atoms with Crippen LogP contribution in [-0.2, 0) is 6.54 Å². The Hall–Kier alpha value is -2.74. The minimum absolute atomic E-state index is 0.773. The van der Waals surface area contributed by atoms with Crippen molar-refractivity contribution in [1.82, 2.24) is 0 Å². The van der Waals surface area contributed by atoms with Crippen LogP contribution in [0.4, 0.5) is 5.69 Å². The largest absolute Gasteiger partial charge is 0.495 e. The van der Waals surface area contributed by atoms with Gasteiger partial charge < -0.3 is 10.1 Å². The van der Waals surface area contributed by atoms with Gasteiger partial charge in [-0.2, -0.15) is 0 Å². The molecular weight excluding hydrogens is 270 g/mol. The normalized spacial score (nSPS) is 10.2. The molecule has 0 spiro atoms. The van der Waals surface area contributed by atoms with Gasteiger partial charge in [0.05, 0.1) is 12.8 Å². The zero-order valence-corrected chi connectivity index (χ0v) is 12.6. The Labute approximate surface area is 131 Å². The molecule has 0 atom stereocenters. The van der Waals surface area contributed by atoms with Crippen molar-refractivity contribution in [2.75, 3.05) is 12.4 Å². The van der Waals surface area contributed by atoms with Gasteiger partial charge in [0.1, 0.15) is 5.75 Å². The highest BCUT2D eigenvalue weighted by molar-refractivity contribution is 5.63. The Bertz CT molecular complexity index is 720. The summed E-state index contributed by atoms with van der Waals surface area (Å²) in [6.45, 7) is 0.773. The fraction of sp³-hybridized carbons (Fsp3) is 0.100. The van der Waals surface area contributed by atoms with Crippen LogP contribution >= 0.6 is 0 Å². The van der Waals surface area contributed by atoms with Crippen molar-refractivity contribution >= 4 is 5.69 Å². The van der Waals surface area contributed by atoms with Crippen molar-refractivity contribution in [3.05, 3.63) is 84.4 Å². The molecule has 0 saturated carbocycles. The van der Waals surface area contributed by atoms with E-state index in [0.717, 1.165) is 18.0 Å². The van der Waals surface area contributed by atoms with E-state index in [2.05, 4.69) is 53.8 Å². The Morgan fingerprint density at radius 3 is 2.09 bits per heavy atom. The summed E-state index contributed by atoms with van der Waals surface area (Å²) in [6.07, 6.45) is 0. The zero-order chi connectivity index (χ0) is 15.2. The molecule has 0 unspecified atom stereocenters. The summed E-state index contributed by atoms with van der Waals surface area (Å²) >= 11 is 0. The van der Waals surface area contributed by atoms with E-state index in [4.69, 9.17) is 4.74 Å². The van der Waals surface area contributed by atoms with Crippen LogP contribution in [0.2, 0.25) is 0 Å². The first-order chi connectivity index (χ1) is 10.9. The monoisotopic (exact) mass is 289 g/mol. The van der Waals surface area contributed by atoms with E-state index in [1.807, 2.05) is 30.3 Å². The molecule has 0 radical (unpaired) electrons. The molecule has 0 aliphatic rings. The number of nitrogens with one attached hydrogen (secondary N) is 1. The van der Waals surface area contributed by atoms with Gasteiger partial charge in [0.25, 0.3) is 0 Å². The van der Waals surface area contributed by atoms with Crippen LogP contribution in [0, 0.1) is 0 Å². The first kappa shape index (κ1) is 14.2. The van der Waals surface area contributed by atoms with Crippen LogP contribution < -0.4 is 10.1 Å². The Balaban J connectivity index is 1.69. The van der Waals surface area contributed by atoms with Crippen LogP contribution in [-0.4, -0.2) is 7.11 Å². The summed E-state index contributed by atoms with van der Waals surface area (Å²) in [5.41, 5.74) is 4.73. The fourth-order valence-corrected chi connectivity index (χ4v) is 2.43. The van der Waals surface area contributed by atoms with E-state index >= 15 is 0 Å². The standard InChI is InChI=1S/C20H19NO/c1-22-20-10-6-5-9-19(20)21-15-16-11-13-18(14-12-16)17-7-3-2-4-8-17/h2-14,21H,15H2,1H3. The van der Waals surface area contributed by atoms with Gasteiger partial charge in [-0.3, -0.25) is 0 Å². The molecule has 3 aromatic rings. The number of anilines is 1. The first-order valence-corrected chi connectivity index (χ1v) is 7.38. The Morgan fingerprint density at radius 2 is 1.36 bits per heavy atom. The predicted molar refractivity (Wildman–Crippen MR) is 92.2 cm³/mol. The summed E-state index contributed by atoms with van der Waals surface area (Å²) in [7, 11) is 1.69. The van der Waals surface area contributed by atoms with Crippen molar-refractivity contribution in [2.45, 2.75) is 6.54 Å². The second kappa shape index (κ2) is 6.81. The van der Waals surface area contributed by atoms with Crippen LogP contribution in [0.5, 0.6) is 5.75 Å². The molecule has 3 aromatic carbocycles. The summed E-state index contributed by atoms with van der Waals surface area (Å²) in [5, 5.41) is 3.41. The number of benzene rings is 3. The lowest BCUT2D eigenvalue weighted by molar-refractivity contribution is 0.416. The number of hydrogen-bond donors (Lipinski definition) is 1. The highest BCUT2D eigenvalue weighted by Gasteiger charge is 2.01. The van der Waals surface area contributed by atoms with Crippen molar-refractivity contribution in [1.29, 1.82) is 0 Å². The molecular formula is C20H19NO. The van der Waals surface area contributed by atoms with Crippen molar-refractivity contribution < 1.29 is 4.74 Å². The number of methoxy groups -OCH3 is 1. The van der Waals surface area contributed by atoms with E-state index in [1.165, 1.54) is 16.7 Å². The minimum atomic E-state index is 0.773. The molecule has 0 saturated heterocycles. The Morgan fingerprint density at radius 1 is 0.727 bits per heavy atom.